The maximum absolute atomic E-state index is 13.5. The molecule has 0 aliphatic rings. The highest BCUT2D eigenvalue weighted by Crippen LogP contribution is 2.32. The Morgan fingerprint density at radius 1 is 0.744 bits per heavy atom. The molecule has 5 rings (SSSR count). The van der Waals surface area contributed by atoms with Gasteiger partial charge in [0, 0.05) is 23.0 Å². The van der Waals surface area contributed by atoms with E-state index in [1.165, 1.54) is 34.5 Å². The predicted octanol–water partition coefficient (Wildman–Crippen LogP) is 8.67. The SMILES string of the molecule is CC(C)(C)c1ccc(Oc2ccc(NC(=O)n3cc(-c4ccc(F)cc4)c(-c4ccc(F)cc4)n3)cc2)cc1. The third kappa shape index (κ3) is 6.04. The minimum atomic E-state index is -0.488. The normalized spacial score (nSPS) is 11.3. The first-order valence-electron chi connectivity index (χ1n) is 12.5. The Balaban J connectivity index is 1.34. The van der Waals surface area contributed by atoms with E-state index in [4.69, 9.17) is 4.74 Å². The topological polar surface area (TPSA) is 56.1 Å². The van der Waals surface area contributed by atoms with Crippen molar-refractivity contribution in [2.75, 3.05) is 5.32 Å². The van der Waals surface area contributed by atoms with Crippen molar-refractivity contribution in [1.29, 1.82) is 0 Å². The van der Waals surface area contributed by atoms with E-state index in [1.54, 1.807) is 54.7 Å². The minimum absolute atomic E-state index is 0.0620. The number of anilines is 1. The average molecular weight is 524 g/mol. The Kier molecular flexibility index (Phi) is 6.98. The Morgan fingerprint density at radius 3 is 1.79 bits per heavy atom. The lowest BCUT2D eigenvalue weighted by Crippen LogP contribution is -2.19. The first-order valence-corrected chi connectivity index (χ1v) is 12.5. The standard InChI is InChI=1S/C32H27F2N3O2/c1-32(2,3)23-8-16-27(17-9-23)39-28-18-14-26(15-19-28)35-31(38)37-20-29(21-4-10-24(33)11-5-21)30(36-37)22-6-12-25(34)13-7-22/h4-20H,1-3H3,(H,35,38). The van der Waals surface area contributed by atoms with Gasteiger partial charge in [-0.2, -0.15) is 9.78 Å². The van der Waals surface area contributed by atoms with Crippen molar-refractivity contribution >= 4 is 11.7 Å². The van der Waals surface area contributed by atoms with E-state index < -0.39 is 6.03 Å². The molecule has 0 aliphatic heterocycles. The summed E-state index contributed by atoms with van der Waals surface area (Å²) >= 11 is 0. The number of hydrogen-bond acceptors (Lipinski definition) is 3. The minimum Gasteiger partial charge on any atom is -0.457 e. The summed E-state index contributed by atoms with van der Waals surface area (Å²) < 4.78 is 34.2. The Bertz CT molecular complexity index is 1520. The number of hydrogen-bond donors (Lipinski definition) is 1. The van der Waals surface area contributed by atoms with Gasteiger partial charge in [0.2, 0.25) is 0 Å². The van der Waals surface area contributed by atoms with E-state index in [9.17, 15) is 13.6 Å². The van der Waals surface area contributed by atoms with Crippen molar-refractivity contribution in [2.24, 2.45) is 0 Å². The van der Waals surface area contributed by atoms with Gasteiger partial charge in [-0.05, 0) is 89.3 Å². The summed E-state index contributed by atoms with van der Waals surface area (Å²) in [7, 11) is 0. The maximum Gasteiger partial charge on any atom is 0.346 e. The van der Waals surface area contributed by atoms with Crippen molar-refractivity contribution in [1.82, 2.24) is 9.78 Å². The Hall–Kier alpha value is -4.78. The summed E-state index contributed by atoms with van der Waals surface area (Å²) in [5.41, 5.74) is 4.21. The Morgan fingerprint density at radius 2 is 1.26 bits per heavy atom. The van der Waals surface area contributed by atoms with Crippen LogP contribution in [0.5, 0.6) is 11.5 Å². The number of halogens is 2. The van der Waals surface area contributed by atoms with Crippen LogP contribution in [0.4, 0.5) is 19.3 Å². The lowest BCUT2D eigenvalue weighted by Gasteiger charge is -2.19. The summed E-state index contributed by atoms with van der Waals surface area (Å²) in [5.74, 6) is 0.598. The summed E-state index contributed by atoms with van der Waals surface area (Å²) in [6, 6.07) is 26.2. The van der Waals surface area contributed by atoms with Crippen molar-refractivity contribution in [3.8, 4) is 33.9 Å². The molecule has 0 aliphatic carbocycles. The van der Waals surface area contributed by atoms with Crippen LogP contribution in [-0.4, -0.2) is 15.8 Å². The third-order valence-electron chi connectivity index (χ3n) is 6.26. The van der Waals surface area contributed by atoms with Crippen molar-refractivity contribution in [2.45, 2.75) is 26.2 Å². The average Bonchev–Trinajstić information content (AvgIpc) is 3.36. The molecule has 0 saturated carbocycles. The van der Waals surface area contributed by atoms with Gasteiger partial charge in [0.25, 0.3) is 0 Å². The van der Waals surface area contributed by atoms with Gasteiger partial charge in [0.05, 0.1) is 0 Å². The maximum atomic E-state index is 13.5. The van der Waals surface area contributed by atoms with Gasteiger partial charge in [-0.15, -0.1) is 0 Å². The van der Waals surface area contributed by atoms with Gasteiger partial charge in [-0.25, -0.2) is 13.6 Å². The van der Waals surface area contributed by atoms with E-state index in [0.29, 0.717) is 33.8 Å². The predicted molar refractivity (Wildman–Crippen MR) is 149 cm³/mol. The first-order chi connectivity index (χ1) is 18.7. The molecule has 0 saturated heterocycles. The van der Waals surface area contributed by atoms with Gasteiger partial charge in [0.1, 0.15) is 28.8 Å². The van der Waals surface area contributed by atoms with Crippen LogP contribution in [0.1, 0.15) is 26.3 Å². The highest BCUT2D eigenvalue weighted by Gasteiger charge is 2.17. The molecule has 0 unspecified atom stereocenters. The number of ether oxygens (including phenoxy) is 1. The molecular weight excluding hydrogens is 496 g/mol. The number of nitrogens with one attached hydrogen (secondary N) is 1. The molecule has 0 fully saturated rings. The zero-order valence-corrected chi connectivity index (χ0v) is 21.8. The number of aromatic nitrogens is 2. The summed E-state index contributed by atoms with van der Waals surface area (Å²) in [6.45, 7) is 6.48. The molecular formula is C32H27F2N3O2. The largest absolute Gasteiger partial charge is 0.457 e. The van der Waals surface area contributed by atoms with E-state index in [2.05, 4.69) is 43.3 Å². The van der Waals surface area contributed by atoms with Crippen LogP contribution >= 0.6 is 0 Å². The molecule has 0 radical (unpaired) electrons. The Labute approximate surface area is 225 Å². The second-order valence-corrected chi connectivity index (χ2v) is 10.2. The van der Waals surface area contributed by atoms with E-state index in [0.717, 1.165) is 5.75 Å². The van der Waals surface area contributed by atoms with Gasteiger partial charge >= 0.3 is 6.03 Å². The molecule has 1 N–H and O–H groups in total. The second-order valence-electron chi connectivity index (χ2n) is 10.2. The molecule has 0 atom stereocenters. The molecule has 0 spiro atoms. The van der Waals surface area contributed by atoms with Crippen LogP contribution in [-0.2, 0) is 5.41 Å². The fourth-order valence-electron chi connectivity index (χ4n) is 4.09. The quantitative estimate of drug-likeness (QED) is 0.251. The van der Waals surface area contributed by atoms with E-state index in [1.807, 2.05) is 12.1 Å². The smallest absolute Gasteiger partial charge is 0.346 e. The lowest BCUT2D eigenvalue weighted by atomic mass is 9.87. The molecule has 196 valence electrons. The summed E-state index contributed by atoms with van der Waals surface area (Å²) in [6.07, 6.45) is 1.57. The number of rotatable bonds is 5. The molecule has 4 aromatic carbocycles. The van der Waals surface area contributed by atoms with Crippen LogP contribution in [0.3, 0.4) is 0 Å². The van der Waals surface area contributed by atoms with Gasteiger partial charge in [0.15, 0.2) is 0 Å². The molecule has 5 nitrogen and oxygen atoms in total. The van der Waals surface area contributed by atoms with E-state index in [-0.39, 0.29) is 17.0 Å². The van der Waals surface area contributed by atoms with Crippen LogP contribution in [0.15, 0.2) is 103 Å². The highest BCUT2D eigenvalue weighted by atomic mass is 19.1. The van der Waals surface area contributed by atoms with Crippen molar-refractivity contribution in [3.63, 3.8) is 0 Å². The highest BCUT2D eigenvalue weighted by molar-refractivity contribution is 5.92. The van der Waals surface area contributed by atoms with Crippen molar-refractivity contribution in [3.05, 3.63) is 120 Å². The number of benzene rings is 4. The van der Waals surface area contributed by atoms with Crippen LogP contribution in [0, 0.1) is 11.6 Å². The fraction of sp³-hybridized carbons (Fsp3) is 0.125. The third-order valence-corrected chi connectivity index (χ3v) is 6.26. The van der Waals surface area contributed by atoms with Crippen molar-refractivity contribution < 1.29 is 18.3 Å². The van der Waals surface area contributed by atoms with Crippen LogP contribution in [0.25, 0.3) is 22.4 Å². The fourth-order valence-corrected chi connectivity index (χ4v) is 4.09. The molecule has 39 heavy (non-hydrogen) atoms. The zero-order valence-electron chi connectivity index (χ0n) is 21.8. The van der Waals surface area contributed by atoms with E-state index >= 15 is 0 Å². The number of carbonyl (C=O) groups excluding carboxylic acids is 1. The van der Waals surface area contributed by atoms with Gasteiger partial charge in [-0.3, -0.25) is 0 Å². The molecule has 7 heteroatoms. The molecule has 1 aromatic heterocycles. The second kappa shape index (κ2) is 10.5. The number of nitrogens with zero attached hydrogens (tertiary/aromatic N) is 2. The monoisotopic (exact) mass is 523 g/mol. The van der Waals surface area contributed by atoms with Gasteiger partial charge < -0.3 is 10.1 Å². The van der Waals surface area contributed by atoms with Crippen LogP contribution in [0.2, 0.25) is 0 Å². The zero-order chi connectivity index (χ0) is 27.6. The number of carbonyl (C=O) groups is 1. The van der Waals surface area contributed by atoms with Crippen LogP contribution < -0.4 is 10.1 Å². The molecule has 0 bridgehead atoms. The molecule has 1 heterocycles. The molecule has 5 aromatic rings. The van der Waals surface area contributed by atoms with Gasteiger partial charge in [-0.1, -0.05) is 45.0 Å². The number of amides is 1. The summed E-state index contributed by atoms with van der Waals surface area (Å²) in [5, 5.41) is 7.29. The first kappa shape index (κ1) is 25.9. The summed E-state index contributed by atoms with van der Waals surface area (Å²) in [4.78, 5) is 13.1. The lowest BCUT2D eigenvalue weighted by molar-refractivity contribution is 0.251. The molecule has 1 amide bonds.